The molecule has 0 spiro atoms. The number of hydrogen-bond donors (Lipinski definition) is 0. The van der Waals surface area contributed by atoms with Gasteiger partial charge in [-0.2, -0.15) is 0 Å². The highest BCUT2D eigenvalue weighted by Gasteiger charge is 2.22. The molecule has 26 heavy (non-hydrogen) atoms. The Balaban J connectivity index is 1.85. The SMILES string of the molecule is O=[N+]([O-])c1cccc(-c2nc3ccc4ccccc4c3c3c2CCC3)c1. The summed E-state index contributed by atoms with van der Waals surface area (Å²) in [6.45, 7) is 0. The van der Waals surface area contributed by atoms with Crippen LogP contribution in [0.4, 0.5) is 5.69 Å². The molecule has 0 atom stereocenters. The van der Waals surface area contributed by atoms with E-state index in [9.17, 15) is 10.1 Å². The number of fused-ring (bicyclic) bond motifs is 5. The Kier molecular flexibility index (Phi) is 3.25. The van der Waals surface area contributed by atoms with Gasteiger partial charge in [-0.15, -0.1) is 0 Å². The van der Waals surface area contributed by atoms with Crippen LogP contribution in [-0.4, -0.2) is 9.91 Å². The Hall–Kier alpha value is -3.27. The molecule has 0 fully saturated rings. The lowest BCUT2D eigenvalue weighted by Gasteiger charge is -2.13. The zero-order valence-corrected chi connectivity index (χ0v) is 14.1. The number of rotatable bonds is 2. The van der Waals surface area contributed by atoms with Gasteiger partial charge in [-0.25, -0.2) is 4.98 Å². The number of nitrogens with zero attached hydrogens (tertiary/aromatic N) is 2. The van der Waals surface area contributed by atoms with E-state index < -0.39 is 0 Å². The predicted molar refractivity (Wildman–Crippen MR) is 103 cm³/mol. The number of benzene rings is 3. The normalized spacial score (nSPS) is 13.2. The van der Waals surface area contributed by atoms with Crippen LogP contribution < -0.4 is 0 Å². The van der Waals surface area contributed by atoms with Crippen LogP contribution in [0.5, 0.6) is 0 Å². The summed E-state index contributed by atoms with van der Waals surface area (Å²) in [6.07, 6.45) is 3.10. The first-order chi connectivity index (χ1) is 12.7. The van der Waals surface area contributed by atoms with Gasteiger partial charge < -0.3 is 0 Å². The summed E-state index contributed by atoms with van der Waals surface area (Å²) in [5.74, 6) is 0. The fourth-order valence-corrected chi connectivity index (χ4v) is 4.14. The summed E-state index contributed by atoms with van der Waals surface area (Å²) in [7, 11) is 0. The van der Waals surface area contributed by atoms with E-state index in [2.05, 4.69) is 36.4 Å². The first-order valence-corrected chi connectivity index (χ1v) is 8.80. The Labute approximate surface area is 150 Å². The molecule has 0 radical (unpaired) electrons. The molecule has 0 unspecified atom stereocenters. The third-order valence-corrected chi connectivity index (χ3v) is 5.28. The van der Waals surface area contributed by atoms with E-state index in [1.807, 2.05) is 6.07 Å². The minimum Gasteiger partial charge on any atom is -0.258 e. The molecule has 1 aromatic heterocycles. The quantitative estimate of drug-likeness (QED) is 0.277. The number of aromatic nitrogens is 1. The largest absolute Gasteiger partial charge is 0.270 e. The summed E-state index contributed by atoms with van der Waals surface area (Å²) in [4.78, 5) is 15.8. The van der Waals surface area contributed by atoms with E-state index in [0.29, 0.717) is 0 Å². The van der Waals surface area contributed by atoms with E-state index >= 15 is 0 Å². The number of nitro benzene ring substituents is 1. The molecule has 0 aliphatic heterocycles. The molecule has 126 valence electrons. The van der Waals surface area contributed by atoms with Crippen molar-refractivity contribution in [1.29, 1.82) is 0 Å². The van der Waals surface area contributed by atoms with Crippen molar-refractivity contribution in [2.45, 2.75) is 19.3 Å². The molecular weight excluding hydrogens is 324 g/mol. The zero-order valence-electron chi connectivity index (χ0n) is 14.1. The number of nitro groups is 1. The van der Waals surface area contributed by atoms with E-state index in [1.165, 1.54) is 33.4 Å². The van der Waals surface area contributed by atoms with Crippen LogP contribution in [0.2, 0.25) is 0 Å². The lowest BCUT2D eigenvalue weighted by molar-refractivity contribution is -0.384. The van der Waals surface area contributed by atoms with Crippen molar-refractivity contribution < 1.29 is 4.92 Å². The van der Waals surface area contributed by atoms with Crippen LogP contribution in [0.1, 0.15) is 17.5 Å². The molecule has 4 nitrogen and oxygen atoms in total. The Morgan fingerprint density at radius 1 is 0.923 bits per heavy atom. The van der Waals surface area contributed by atoms with Crippen LogP contribution in [0.15, 0.2) is 60.7 Å². The average molecular weight is 340 g/mol. The second kappa shape index (κ2) is 5.63. The number of pyridine rings is 1. The predicted octanol–water partition coefficient (Wildman–Crippen LogP) is 5.45. The van der Waals surface area contributed by atoms with Crippen molar-refractivity contribution in [3.8, 4) is 11.3 Å². The lowest BCUT2D eigenvalue weighted by atomic mass is 9.95. The molecule has 1 aliphatic rings. The van der Waals surface area contributed by atoms with E-state index in [0.717, 1.165) is 36.0 Å². The van der Waals surface area contributed by atoms with Crippen LogP contribution in [0.25, 0.3) is 32.9 Å². The van der Waals surface area contributed by atoms with Gasteiger partial charge in [-0.1, -0.05) is 42.5 Å². The van der Waals surface area contributed by atoms with E-state index in [4.69, 9.17) is 4.98 Å². The Morgan fingerprint density at radius 2 is 1.77 bits per heavy atom. The van der Waals surface area contributed by atoms with Gasteiger partial charge in [-0.05, 0) is 47.2 Å². The minimum atomic E-state index is -0.349. The average Bonchev–Trinajstić information content (AvgIpc) is 3.16. The molecule has 0 N–H and O–H groups in total. The van der Waals surface area contributed by atoms with Crippen molar-refractivity contribution in [2.75, 3.05) is 0 Å². The van der Waals surface area contributed by atoms with Gasteiger partial charge in [0.25, 0.3) is 5.69 Å². The molecule has 5 rings (SSSR count). The minimum absolute atomic E-state index is 0.106. The van der Waals surface area contributed by atoms with Gasteiger partial charge in [0.2, 0.25) is 0 Å². The highest BCUT2D eigenvalue weighted by atomic mass is 16.6. The van der Waals surface area contributed by atoms with Crippen LogP contribution in [0.3, 0.4) is 0 Å². The summed E-state index contributed by atoms with van der Waals surface area (Å²) < 4.78 is 0. The van der Waals surface area contributed by atoms with Crippen molar-refractivity contribution in [2.24, 2.45) is 0 Å². The van der Waals surface area contributed by atoms with Crippen molar-refractivity contribution in [3.63, 3.8) is 0 Å². The van der Waals surface area contributed by atoms with Crippen LogP contribution in [0, 0.1) is 10.1 Å². The molecule has 1 aliphatic carbocycles. The molecule has 4 aromatic rings. The third kappa shape index (κ3) is 2.19. The molecule has 3 aromatic carbocycles. The first kappa shape index (κ1) is 15.0. The summed E-state index contributed by atoms with van der Waals surface area (Å²) >= 11 is 0. The van der Waals surface area contributed by atoms with Gasteiger partial charge in [-0.3, -0.25) is 10.1 Å². The molecule has 4 heteroatoms. The topological polar surface area (TPSA) is 56.0 Å². The molecule has 0 saturated carbocycles. The van der Waals surface area contributed by atoms with E-state index in [1.54, 1.807) is 12.1 Å². The number of non-ortho nitro benzene ring substituents is 1. The maximum absolute atomic E-state index is 11.2. The summed E-state index contributed by atoms with van der Waals surface area (Å²) in [5, 5.41) is 14.9. The van der Waals surface area contributed by atoms with Gasteiger partial charge in [0.1, 0.15) is 0 Å². The van der Waals surface area contributed by atoms with Gasteiger partial charge in [0.05, 0.1) is 16.1 Å². The fourth-order valence-electron chi connectivity index (χ4n) is 4.14. The molecule has 0 amide bonds. The maximum Gasteiger partial charge on any atom is 0.270 e. The molecular formula is C22H16N2O2. The Morgan fingerprint density at radius 3 is 2.65 bits per heavy atom. The standard InChI is InChI=1S/C22H16N2O2/c25-24(26)16-7-3-6-15(13-16)22-19-10-4-9-18(19)21-17-8-2-1-5-14(17)11-12-20(21)23-22/h1-3,5-8,11-13H,4,9-10H2. The van der Waals surface area contributed by atoms with Gasteiger partial charge >= 0.3 is 0 Å². The lowest BCUT2D eigenvalue weighted by Crippen LogP contribution is -1.97. The van der Waals surface area contributed by atoms with Crippen LogP contribution >= 0.6 is 0 Å². The second-order valence-corrected chi connectivity index (χ2v) is 6.76. The molecule has 0 saturated heterocycles. The smallest absolute Gasteiger partial charge is 0.258 e. The number of hydrogen-bond acceptors (Lipinski definition) is 3. The first-order valence-electron chi connectivity index (χ1n) is 8.80. The van der Waals surface area contributed by atoms with Crippen molar-refractivity contribution >= 4 is 27.4 Å². The summed E-state index contributed by atoms with van der Waals surface area (Å²) in [6, 6.07) is 19.4. The Bertz CT molecular complexity index is 1200. The second-order valence-electron chi connectivity index (χ2n) is 6.76. The van der Waals surface area contributed by atoms with E-state index in [-0.39, 0.29) is 10.6 Å². The third-order valence-electron chi connectivity index (χ3n) is 5.28. The maximum atomic E-state index is 11.2. The monoisotopic (exact) mass is 340 g/mol. The fraction of sp³-hybridized carbons (Fsp3) is 0.136. The van der Waals surface area contributed by atoms with Crippen molar-refractivity contribution in [3.05, 3.63) is 81.9 Å². The number of aryl methyl sites for hydroxylation is 1. The highest BCUT2D eigenvalue weighted by Crippen LogP contribution is 2.39. The zero-order chi connectivity index (χ0) is 17.7. The summed E-state index contributed by atoms with van der Waals surface area (Å²) in [5.41, 5.74) is 5.39. The molecule has 0 bridgehead atoms. The van der Waals surface area contributed by atoms with Gasteiger partial charge in [0.15, 0.2) is 0 Å². The molecule has 1 heterocycles. The highest BCUT2D eigenvalue weighted by molar-refractivity contribution is 6.09. The van der Waals surface area contributed by atoms with Crippen molar-refractivity contribution in [1.82, 2.24) is 4.98 Å². The van der Waals surface area contributed by atoms with Crippen LogP contribution in [-0.2, 0) is 12.8 Å². The van der Waals surface area contributed by atoms with Gasteiger partial charge in [0, 0.05) is 23.1 Å².